The van der Waals surface area contributed by atoms with Gasteiger partial charge in [0.15, 0.2) is 17.3 Å². The van der Waals surface area contributed by atoms with Crippen molar-refractivity contribution in [2.75, 3.05) is 32.3 Å². The molecule has 6 nitrogen and oxygen atoms in total. The summed E-state index contributed by atoms with van der Waals surface area (Å²) in [5.41, 5.74) is 1.60. The standard InChI is InChI=1S/C19H19NO5/c1-12(21)13-4-6-16-15(10-13)20(8-9-25-16)19(22)14-5-7-17(23-2)18(11-14)24-3/h4-7,10-11H,8-9H2,1-3H3. The maximum atomic E-state index is 13.0. The molecule has 0 unspecified atom stereocenters. The van der Waals surface area contributed by atoms with Gasteiger partial charge in [0, 0.05) is 11.1 Å². The number of methoxy groups -OCH3 is 2. The van der Waals surface area contributed by atoms with Gasteiger partial charge in [-0.1, -0.05) is 0 Å². The topological polar surface area (TPSA) is 65.1 Å². The van der Waals surface area contributed by atoms with Crippen molar-refractivity contribution in [2.45, 2.75) is 6.92 Å². The third-order valence-electron chi connectivity index (χ3n) is 4.10. The van der Waals surface area contributed by atoms with Crippen molar-refractivity contribution in [2.24, 2.45) is 0 Å². The van der Waals surface area contributed by atoms with E-state index in [0.29, 0.717) is 47.2 Å². The van der Waals surface area contributed by atoms with Crippen LogP contribution in [0.1, 0.15) is 27.6 Å². The summed E-state index contributed by atoms with van der Waals surface area (Å²) in [6.45, 7) is 2.29. The minimum atomic E-state index is -0.189. The van der Waals surface area contributed by atoms with E-state index in [2.05, 4.69) is 0 Å². The molecule has 0 radical (unpaired) electrons. The van der Waals surface area contributed by atoms with Gasteiger partial charge in [0.2, 0.25) is 0 Å². The molecule has 2 aromatic carbocycles. The Morgan fingerprint density at radius 2 is 1.72 bits per heavy atom. The predicted molar refractivity (Wildman–Crippen MR) is 93.2 cm³/mol. The van der Waals surface area contributed by atoms with Gasteiger partial charge in [0.05, 0.1) is 26.5 Å². The molecule has 130 valence electrons. The Morgan fingerprint density at radius 1 is 1.00 bits per heavy atom. The molecule has 0 aromatic heterocycles. The summed E-state index contributed by atoms with van der Waals surface area (Å²) in [6, 6.07) is 10.1. The molecule has 2 aromatic rings. The molecule has 0 fully saturated rings. The van der Waals surface area contributed by atoms with Crippen molar-refractivity contribution in [3.63, 3.8) is 0 Å². The number of benzene rings is 2. The van der Waals surface area contributed by atoms with Gasteiger partial charge in [-0.25, -0.2) is 0 Å². The Morgan fingerprint density at radius 3 is 2.40 bits per heavy atom. The summed E-state index contributed by atoms with van der Waals surface area (Å²) < 4.78 is 16.1. The van der Waals surface area contributed by atoms with E-state index in [9.17, 15) is 9.59 Å². The monoisotopic (exact) mass is 341 g/mol. The molecule has 1 heterocycles. The van der Waals surface area contributed by atoms with Crippen molar-refractivity contribution in [3.8, 4) is 17.2 Å². The van der Waals surface area contributed by atoms with Crippen LogP contribution in [0, 0.1) is 0 Å². The molecule has 6 heteroatoms. The normalized spacial score (nSPS) is 12.8. The number of ketones is 1. The first-order valence-corrected chi connectivity index (χ1v) is 7.87. The maximum Gasteiger partial charge on any atom is 0.258 e. The molecule has 25 heavy (non-hydrogen) atoms. The summed E-state index contributed by atoms with van der Waals surface area (Å²) in [6.07, 6.45) is 0. The predicted octanol–water partition coefficient (Wildman–Crippen LogP) is 2.95. The summed E-state index contributed by atoms with van der Waals surface area (Å²) in [4.78, 5) is 26.3. The second-order valence-electron chi connectivity index (χ2n) is 5.61. The highest BCUT2D eigenvalue weighted by atomic mass is 16.5. The first kappa shape index (κ1) is 16.8. The fourth-order valence-electron chi connectivity index (χ4n) is 2.77. The molecule has 1 amide bonds. The number of ether oxygens (including phenoxy) is 3. The average Bonchev–Trinajstić information content (AvgIpc) is 2.65. The molecule has 1 aliphatic rings. The van der Waals surface area contributed by atoms with Gasteiger partial charge in [-0.05, 0) is 43.3 Å². The van der Waals surface area contributed by atoms with E-state index < -0.39 is 0 Å². The lowest BCUT2D eigenvalue weighted by atomic mass is 10.1. The number of hydrogen-bond donors (Lipinski definition) is 0. The molecule has 0 saturated heterocycles. The molecule has 0 atom stereocenters. The zero-order valence-corrected chi connectivity index (χ0v) is 14.4. The van der Waals surface area contributed by atoms with Crippen LogP contribution in [0.3, 0.4) is 0 Å². The summed E-state index contributed by atoms with van der Waals surface area (Å²) in [7, 11) is 3.07. The quantitative estimate of drug-likeness (QED) is 0.800. The molecular weight excluding hydrogens is 322 g/mol. The van der Waals surface area contributed by atoms with Gasteiger partial charge in [0.25, 0.3) is 5.91 Å². The second-order valence-corrected chi connectivity index (χ2v) is 5.61. The minimum absolute atomic E-state index is 0.0631. The fourth-order valence-corrected chi connectivity index (χ4v) is 2.77. The Labute approximate surface area is 145 Å². The number of Topliss-reactive ketones (excluding diaryl/α,β-unsaturated/α-hetero) is 1. The van der Waals surface area contributed by atoms with E-state index in [0.717, 1.165) is 0 Å². The van der Waals surface area contributed by atoms with Crippen molar-refractivity contribution in [3.05, 3.63) is 47.5 Å². The highest BCUT2D eigenvalue weighted by Gasteiger charge is 2.26. The average molecular weight is 341 g/mol. The maximum absolute atomic E-state index is 13.0. The SMILES string of the molecule is COc1ccc(C(=O)N2CCOc3ccc(C(C)=O)cc32)cc1OC. The lowest BCUT2D eigenvalue weighted by Gasteiger charge is -2.30. The van der Waals surface area contributed by atoms with Gasteiger partial charge < -0.3 is 19.1 Å². The number of anilines is 1. The molecular formula is C19H19NO5. The molecule has 0 aliphatic carbocycles. The number of rotatable bonds is 4. The van der Waals surface area contributed by atoms with Crippen LogP contribution in [-0.4, -0.2) is 39.1 Å². The molecule has 0 N–H and O–H groups in total. The van der Waals surface area contributed by atoms with E-state index >= 15 is 0 Å². The van der Waals surface area contributed by atoms with Crippen LogP contribution in [0.4, 0.5) is 5.69 Å². The van der Waals surface area contributed by atoms with Crippen LogP contribution >= 0.6 is 0 Å². The van der Waals surface area contributed by atoms with Crippen LogP contribution in [-0.2, 0) is 0 Å². The van der Waals surface area contributed by atoms with E-state index in [4.69, 9.17) is 14.2 Å². The van der Waals surface area contributed by atoms with Crippen LogP contribution in [0.15, 0.2) is 36.4 Å². The van der Waals surface area contributed by atoms with Crippen molar-refractivity contribution < 1.29 is 23.8 Å². The minimum Gasteiger partial charge on any atom is -0.493 e. The van der Waals surface area contributed by atoms with Gasteiger partial charge >= 0.3 is 0 Å². The molecule has 3 rings (SSSR count). The number of nitrogens with zero attached hydrogens (tertiary/aromatic N) is 1. The number of hydrogen-bond acceptors (Lipinski definition) is 5. The van der Waals surface area contributed by atoms with Gasteiger partial charge in [-0.3, -0.25) is 9.59 Å². The number of fused-ring (bicyclic) bond motifs is 1. The van der Waals surface area contributed by atoms with Crippen molar-refractivity contribution in [1.29, 1.82) is 0 Å². The summed E-state index contributed by atoms with van der Waals surface area (Å²) >= 11 is 0. The van der Waals surface area contributed by atoms with Crippen LogP contribution in [0.2, 0.25) is 0 Å². The fraction of sp³-hybridized carbons (Fsp3) is 0.263. The lowest BCUT2D eigenvalue weighted by molar-refractivity contribution is 0.0972. The third-order valence-corrected chi connectivity index (χ3v) is 4.10. The van der Waals surface area contributed by atoms with E-state index in [1.165, 1.54) is 14.0 Å². The van der Waals surface area contributed by atoms with Crippen LogP contribution in [0.25, 0.3) is 0 Å². The Kier molecular flexibility index (Phi) is 4.61. The van der Waals surface area contributed by atoms with E-state index in [1.807, 2.05) is 0 Å². The Hall–Kier alpha value is -3.02. The largest absolute Gasteiger partial charge is 0.493 e. The third kappa shape index (κ3) is 3.15. The van der Waals surface area contributed by atoms with E-state index in [-0.39, 0.29) is 11.7 Å². The van der Waals surface area contributed by atoms with Crippen molar-refractivity contribution in [1.82, 2.24) is 0 Å². The highest BCUT2D eigenvalue weighted by molar-refractivity contribution is 6.08. The molecule has 1 aliphatic heterocycles. The van der Waals surface area contributed by atoms with E-state index in [1.54, 1.807) is 48.4 Å². The van der Waals surface area contributed by atoms with Gasteiger partial charge in [0.1, 0.15) is 12.4 Å². The molecule has 0 bridgehead atoms. The number of carbonyl (C=O) groups is 2. The first-order valence-electron chi connectivity index (χ1n) is 7.87. The lowest BCUT2D eigenvalue weighted by Crippen LogP contribution is -2.38. The highest BCUT2D eigenvalue weighted by Crippen LogP contribution is 2.35. The molecule has 0 saturated carbocycles. The zero-order valence-electron chi connectivity index (χ0n) is 14.4. The zero-order chi connectivity index (χ0) is 18.0. The molecule has 0 spiro atoms. The van der Waals surface area contributed by atoms with Gasteiger partial charge in [-0.2, -0.15) is 0 Å². The number of amides is 1. The second kappa shape index (κ2) is 6.84. The van der Waals surface area contributed by atoms with Crippen LogP contribution < -0.4 is 19.1 Å². The Balaban J connectivity index is 1.99. The Bertz CT molecular complexity index is 831. The number of carbonyl (C=O) groups excluding carboxylic acids is 2. The summed E-state index contributed by atoms with van der Waals surface area (Å²) in [5.74, 6) is 1.38. The summed E-state index contributed by atoms with van der Waals surface area (Å²) in [5, 5.41) is 0. The first-order chi connectivity index (χ1) is 12.0. The van der Waals surface area contributed by atoms with Crippen molar-refractivity contribution >= 4 is 17.4 Å². The van der Waals surface area contributed by atoms with Crippen LogP contribution in [0.5, 0.6) is 17.2 Å². The van der Waals surface area contributed by atoms with Gasteiger partial charge in [-0.15, -0.1) is 0 Å². The smallest absolute Gasteiger partial charge is 0.258 e.